The summed E-state index contributed by atoms with van der Waals surface area (Å²) in [5.41, 5.74) is -0.452. The number of amides is 1. The molecule has 2 N–H and O–H groups in total. The van der Waals surface area contributed by atoms with Crippen LogP contribution in [0.15, 0.2) is 24.3 Å². The second-order valence-electron chi connectivity index (χ2n) is 5.36. The van der Waals surface area contributed by atoms with E-state index in [-0.39, 0.29) is 24.9 Å². The highest BCUT2D eigenvalue weighted by atomic mass is 35.5. The molecule has 0 aliphatic carbocycles. The third-order valence-corrected chi connectivity index (χ3v) is 3.65. The number of alkyl halides is 3. The molecule has 1 heterocycles. The Morgan fingerprint density at radius 2 is 1.95 bits per heavy atom. The van der Waals surface area contributed by atoms with Gasteiger partial charge in [0.1, 0.15) is 0 Å². The standard InChI is InChI=1S/C14H17F3N2O.ClH/c1-13(6-7-18-9-13)12(20)19-8-10-2-4-11(5-3-10)14(15,16)17;/h2-5,18H,6-9H2,1H3,(H,19,20);1H. The fourth-order valence-corrected chi connectivity index (χ4v) is 2.22. The van der Waals surface area contributed by atoms with Crippen molar-refractivity contribution in [3.8, 4) is 0 Å². The van der Waals surface area contributed by atoms with Crippen molar-refractivity contribution in [2.75, 3.05) is 13.1 Å². The number of carbonyl (C=O) groups excluding carboxylic acids is 1. The Hall–Kier alpha value is -1.27. The van der Waals surface area contributed by atoms with Crippen LogP contribution in [0.5, 0.6) is 0 Å². The molecular formula is C14H18ClF3N2O. The van der Waals surface area contributed by atoms with E-state index in [1.807, 2.05) is 6.92 Å². The monoisotopic (exact) mass is 322 g/mol. The average Bonchev–Trinajstić information content (AvgIpc) is 2.84. The van der Waals surface area contributed by atoms with Crippen molar-refractivity contribution < 1.29 is 18.0 Å². The summed E-state index contributed by atoms with van der Waals surface area (Å²) < 4.78 is 37.2. The molecule has 0 radical (unpaired) electrons. The second-order valence-corrected chi connectivity index (χ2v) is 5.36. The minimum atomic E-state index is -4.33. The van der Waals surface area contributed by atoms with E-state index in [9.17, 15) is 18.0 Å². The number of hydrogen-bond acceptors (Lipinski definition) is 2. The topological polar surface area (TPSA) is 41.1 Å². The van der Waals surface area contributed by atoms with Gasteiger partial charge in [-0.15, -0.1) is 12.4 Å². The maximum absolute atomic E-state index is 12.4. The van der Waals surface area contributed by atoms with Gasteiger partial charge in [-0.05, 0) is 37.6 Å². The molecule has 1 aliphatic rings. The second kappa shape index (κ2) is 6.66. The van der Waals surface area contributed by atoms with Gasteiger partial charge in [0.05, 0.1) is 11.0 Å². The number of halogens is 4. The Kier molecular flexibility index (Phi) is 5.64. The highest BCUT2D eigenvalue weighted by Crippen LogP contribution is 2.29. The molecule has 1 amide bonds. The lowest BCUT2D eigenvalue weighted by Gasteiger charge is -2.21. The van der Waals surface area contributed by atoms with Crippen molar-refractivity contribution in [3.63, 3.8) is 0 Å². The third-order valence-electron chi connectivity index (χ3n) is 3.65. The van der Waals surface area contributed by atoms with Crippen LogP contribution >= 0.6 is 12.4 Å². The van der Waals surface area contributed by atoms with Crippen molar-refractivity contribution in [3.05, 3.63) is 35.4 Å². The van der Waals surface area contributed by atoms with Crippen LogP contribution in [0.1, 0.15) is 24.5 Å². The van der Waals surface area contributed by atoms with Gasteiger partial charge in [0.2, 0.25) is 5.91 Å². The van der Waals surface area contributed by atoms with Crippen LogP contribution in [-0.2, 0) is 17.5 Å². The number of rotatable bonds is 3. The predicted molar refractivity (Wildman–Crippen MR) is 76.1 cm³/mol. The summed E-state index contributed by atoms with van der Waals surface area (Å²) in [6.07, 6.45) is -3.56. The lowest BCUT2D eigenvalue weighted by Crippen LogP contribution is -2.40. The van der Waals surface area contributed by atoms with E-state index in [1.54, 1.807) is 0 Å². The molecule has 1 fully saturated rings. The first-order valence-electron chi connectivity index (χ1n) is 6.46. The van der Waals surface area contributed by atoms with E-state index in [0.29, 0.717) is 12.1 Å². The molecule has 1 atom stereocenters. The Balaban J connectivity index is 0.00000220. The summed E-state index contributed by atoms with van der Waals surface area (Å²) in [6, 6.07) is 4.83. The van der Waals surface area contributed by atoms with Crippen LogP contribution in [0.3, 0.4) is 0 Å². The molecule has 3 nitrogen and oxygen atoms in total. The molecule has 0 aromatic heterocycles. The van der Waals surface area contributed by atoms with Crippen molar-refractivity contribution in [2.24, 2.45) is 5.41 Å². The predicted octanol–water partition coefficient (Wildman–Crippen LogP) is 2.74. The third kappa shape index (κ3) is 4.35. The Morgan fingerprint density at radius 1 is 1.33 bits per heavy atom. The first-order chi connectivity index (χ1) is 9.31. The molecule has 1 unspecified atom stereocenters. The van der Waals surface area contributed by atoms with E-state index >= 15 is 0 Å². The van der Waals surface area contributed by atoms with Crippen LogP contribution in [0, 0.1) is 5.41 Å². The zero-order chi connectivity index (χ0) is 14.8. The van der Waals surface area contributed by atoms with Gasteiger partial charge >= 0.3 is 6.18 Å². The Bertz CT molecular complexity index is 482. The SMILES string of the molecule is CC1(C(=O)NCc2ccc(C(F)(F)F)cc2)CCNC1.Cl. The van der Waals surface area contributed by atoms with Gasteiger partial charge in [-0.2, -0.15) is 13.2 Å². The van der Waals surface area contributed by atoms with Crippen molar-refractivity contribution >= 4 is 18.3 Å². The van der Waals surface area contributed by atoms with Crippen molar-refractivity contribution in [2.45, 2.75) is 26.1 Å². The zero-order valence-corrected chi connectivity index (χ0v) is 12.4. The summed E-state index contributed by atoms with van der Waals surface area (Å²) in [5, 5.41) is 5.91. The Labute approximate surface area is 127 Å². The van der Waals surface area contributed by atoms with Gasteiger partial charge < -0.3 is 10.6 Å². The van der Waals surface area contributed by atoms with Crippen LogP contribution in [0.25, 0.3) is 0 Å². The van der Waals surface area contributed by atoms with E-state index < -0.39 is 17.2 Å². The first-order valence-corrected chi connectivity index (χ1v) is 6.46. The number of nitrogens with one attached hydrogen (secondary N) is 2. The Morgan fingerprint density at radius 3 is 2.43 bits per heavy atom. The summed E-state index contributed by atoms with van der Waals surface area (Å²) >= 11 is 0. The highest BCUT2D eigenvalue weighted by Gasteiger charge is 2.36. The van der Waals surface area contributed by atoms with Gasteiger partial charge in [0.15, 0.2) is 0 Å². The molecule has 0 spiro atoms. The fraction of sp³-hybridized carbons (Fsp3) is 0.500. The minimum absolute atomic E-state index is 0. The van der Waals surface area contributed by atoms with E-state index in [1.165, 1.54) is 12.1 Å². The van der Waals surface area contributed by atoms with Crippen molar-refractivity contribution in [1.82, 2.24) is 10.6 Å². The molecule has 0 saturated carbocycles. The van der Waals surface area contributed by atoms with Gasteiger partial charge in [-0.3, -0.25) is 4.79 Å². The lowest BCUT2D eigenvalue weighted by atomic mass is 9.89. The molecule has 118 valence electrons. The molecule has 1 aromatic rings. The summed E-state index contributed by atoms with van der Waals surface area (Å²) in [4.78, 5) is 12.0. The van der Waals surface area contributed by atoms with Crippen molar-refractivity contribution in [1.29, 1.82) is 0 Å². The van der Waals surface area contributed by atoms with E-state index in [0.717, 1.165) is 25.1 Å². The molecular weight excluding hydrogens is 305 g/mol. The van der Waals surface area contributed by atoms with Gasteiger partial charge in [-0.1, -0.05) is 12.1 Å². The maximum Gasteiger partial charge on any atom is 0.416 e. The largest absolute Gasteiger partial charge is 0.416 e. The summed E-state index contributed by atoms with van der Waals surface area (Å²) in [5.74, 6) is -0.0672. The molecule has 1 aromatic carbocycles. The van der Waals surface area contributed by atoms with Gasteiger partial charge in [-0.25, -0.2) is 0 Å². The highest BCUT2D eigenvalue weighted by molar-refractivity contribution is 5.85. The molecule has 21 heavy (non-hydrogen) atoms. The number of benzene rings is 1. The summed E-state index contributed by atoms with van der Waals surface area (Å²) in [7, 11) is 0. The van der Waals surface area contributed by atoms with E-state index in [2.05, 4.69) is 10.6 Å². The number of carbonyl (C=O) groups is 1. The van der Waals surface area contributed by atoms with Crippen LogP contribution in [-0.4, -0.2) is 19.0 Å². The van der Waals surface area contributed by atoms with Crippen LogP contribution in [0.4, 0.5) is 13.2 Å². The maximum atomic E-state index is 12.4. The van der Waals surface area contributed by atoms with Gasteiger partial charge in [0.25, 0.3) is 0 Å². The molecule has 7 heteroatoms. The molecule has 2 rings (SSSR count). The first kappa shape index (κ1) is 17.8. The molecule has 1 saturated heterocycles. The van der Waals surface area contributed by atoms with E-state index in [4.69, 9.17) is 0 Å². The van der Waals surface area contributed by atoms with Crippen LogP contribution < -0.4 is 10.6 Å². The van der Waals surface area contributed by atoms with Crippen LogP contribution in [0.2, 0.25) is 0 Å². The average molecular weight is 323 g/mol. The minimum Gasteiger partial charge on any atom is -0.352 e. The fourth-order valence-electron chi connectivity index (χ4n) is 2.22. The quantitative estimate of drug-likeness (QED) is 0.898. The zero-order valence-electron chi connectivity index (χ0n) is 11.6. The molecule has 0 bridgehead atoms. The smallest absolute Gasteiger partial charge is 0.352 e. The van der Waals surface area contributed by atoms with Gasteiger partial charge in [0, 0.05) is 13.1 Å². The summed E-state index contributed by atoms with van der Waals surface area (Å²) in [6.45, 7) is 3.57. The number of hydrogen-bond donors (Lipinski definition) is 2. The molecule has 1 aliphatic heterocycles. The normalized spacial score (nSPS) is 21.7. The lowest BCUT2D eigenvalue weighted by molar-refractivity contribution is -0.137.